The maximum atomic E-state index is 12.1. The number of ether oxygens (including phenoxy) is 1. The molecule has 2 aromatic heterocycles. The second-order valence-electron chi connectivity index (χ2n) is 8.56. The Bertz CT molecular complexity index is 1130. The lowest BCUT2D eigenvalue weighted by atomic mass is 10.1. The standard InChI is InChI=1S/C12H17N3O3.C12H16N2O3/c1-14-11-8(6-4-5-7-9(11)16)10(13-14)12(17)15(2)18-3;1-3-17-12(16)10-8-6-4-5-7-9(15)11(8)14(2)13-10/h4-7H2,1-3H3;3-7H2,1-2H3. The third-order valence-corrected chi connectivity index (χ3v) is 6.21. The summed E-state index contributed by atoms with van der Waals surface area (Å²) >= 11 is 0. The fourth-order valence-corrected chi connectivity index (χ4v) is 4.49. The molecule has 0 atom stereocenters. The second-order valence-corrected chi connectivity index (χ2v) is 8.56. The molecule has 0 saturated heterocycles. The molecule has 0 aliphatic heterocycles. The van der Waals surface area contributed by atoms with E-state index in [1.54, 1.807) is 21.0 Å². The van der Waals surface area contributed by atoms with Crippen LogP contribution in [-0.4, -0.2) is 68.8 Å². The molecule has 0 fully saturated rings. The Balaban J connectivity index is 0.000000196. The first-order chi connectivity index (χ1) is 16.7. The van der Waals surface area contributed by atoms with E-state index in [1.165, 1.54) is 23.5 Å². The number of ketones is 2. The van der Waals surface area contributed by atoms with Crippen LogP contribution < -0.4 is 0 Å². The number of carbonyl (C=O) groups excluding carboxylic acids is 4. The Morgan fingerprint density at radius 2 is 1.31 bits per heavy atom. The highest BCUT2D eigenvalue weighted by Crippen LogP contribution is 2.25. The van der Waals surface area contributed by atoms with Crippen LogP contribution in [0.1, 0.15) is 98.5 Å². The van der Waals surface area contributed by atoms with Crippen molar-refractivity contribution in [2.45, 2.75) is 58.3 Å². The number of hydrogen-bond donors (Lipinski definition) is 0. The number of nitrogens with zero attached hydrogens (tertiary/aromatic N) is 5. The maximum Gasteiger partial charge on any atom is 0.359 e. The Hall–Kier alpha value is -3.34. The molecule has 0 N–H and O–H groups in total. The summed E-state index contributed by atoms with van der Waals surface area (Å²) in [5, 5.41) is 9.43. The van der Waals surface area contributed by atoms with Gasteiger partial charge >= 0.3 is 5.97 Å². The largest absolute Gasteiger partial charge is 0.461 e. The maximum absolute atomic E-state index is 12.1. The lowest BCUT2D eigenvalue weighted by molar-refractivity contribution is -0.0761. The van der Waals surface area contributed by atoms with Gasteiger partial charge in [0.2, 0.25) is 0 Å². The van der Waals surface area contributed by atoms with Crippen molar-refractivity contribution < 1.29 is 28.8 Å². The van der Waals surface area contributed by atoms with E-state index in [2.05, 4.69) is 10.2 Å². The molecule has 2 heterocycles. The highest BCUT2D eigenvalue weighted by molar-refractivity contribution is 6.01. The van der Waals surface area contributed by atoms with E-state index in [0.717, 1.165) is 48.3 Å². The summed E-state index contributed by atoms with van der Waals surface area (Å²) in [4.78, 5) is 52.6. The lowest BCUT2D eigenvalue weighted by Crippen LogP contribution is -2.26. The summed E-state index contributed by atoms with van der Waals surface area (Å²) in [6.07, 6.45) is 6.06. The molecule has 11 nitrogen and oxygen atoms in total. The van der Waals surface area contributed by atoms with E-state index in [4.69, 9.17) is 9.57 Å². The minimum Gasteiger partial charge on any atom is -0.461 e. The fraction of sp³-hybridized carbons (Fsp3) is 0.583. The molecule has 0 aromatic carbocycles. The van der Waals surface area contributed by atoms with Crippen LogP contribution in [0.2, 0.25) is 0 Å². The average molecular weight is 488 g/mol. The van der Waals surface area contributed by atoms with Crippen molar-refractivity contribution in [1.29, 1.82) is 0 Å². The summed E-state index contributed by atoms with van der Waals surface area (Å²) in [7, 11) is 6.35. The number of aromatic nitrogens is 4. The Kier molecular flexibility index (Phi) is 8.55. The number of Topliss-reactive ketones (excluding diaryl/α,β-unsaturated/α-hetero) is 2. The molecule has 0 spiro atoms. The highest BCUT2D eigenvalue weighted by atomic mass is 16.7. The van der Waals surface area contributed by atoms with Gasteiger partial charge in [-0.1, -0.05) is 0 Å². The molecule has 4 rings (SSSR count). The third kappa shape index (κ3) is 5.50. The monoisotopic (exact) mass is 487 g/mol. The number of amides is 1. The van der Waals surface area contributed by atoms with Gasteiger partial charge in [-0.3, -0.25) is 28.6 Å². The SMILES string of the molecule is CCOC(=O)c1nn(C)c2c1CCCCC2=O.CON(C)C(=O)c1nn(C)c2c1CCCCC2=O. The molecule has 0 saturated carbocycles. The van der Waals surface area contributed by atoms with Crippen LogP contribution >= 0.6 is 0 Å². The van der Waals surface area contributed by atoms with Crippen molar-refractivity contribution in [3.8, 4) is 0 Å². The molecule has 35 heavy (non-hydrogen) atoms. The smallest absolute Gasteiger partial charge is 0.359 e. The number of rotatable bonds is 4. The number of aryl methyl sites for hydroxylation is 2. The summed E-state index contributed by atoms with van der Waals surface area (Å²) in [5.41, 5.74) is 3.29. The molecule has 0 radical (unpaired) electrons. The molecule has 190 valence electrons. The van der Waals surface area contributed by atoms with E-state index < -0.39 is 5.97 Å². The van der Waals surface area contributed by atoms with Gasteiger partial charge in [-0.05, 0) is 45.4 Å². The number of esters is 1. The van der Waals surface area contributed by atoms with E-state index in [0.29, 0.717) is 48.6 Å². The van der Waals surface area contributed by atoms with Gasteiger partial charge in [0.05, 0.1) is 13.7 Å². The van der Waals surface area contributed by atoms with Gasteiger partial charge < -0.3 is 4.74 Å². The first kappa shape index (κ1) is 26.3. The number of fused-ring (bicyclic) bond motifs is 2. The zero-order valence-electron chi connectivity index (χ0n) is 21.0. The van der Waals surface area contributed by atoms with Gasteiger partial charge in [0.1, 0.15) is 11.4 Å². The van der Waals surface area contributed by atoms with E-state index in [-0.39, 0.29) is 17.5 Å². The van der Waals surface area contributed by atoms with Crippen molar-refractivity contribution in [3.63, 3.8) is 0 Å². The average Bonchev–Trinajstić information content (AvgIpc) is 3.17. The van der Waals surface area contributed by atoms with Crippen LogP contribution in [-0.2, 0) is 36.5 Å². The van der Waals surface area contributed by atoms with Crippen LogP contribution in [0.25, 0.3) is 0 Å². The molecular weight excluding hydrogens is 454 g/mol. The predicted molar refractivity (Wildman–Crippen MR) is 125 cm³/mol. The first-order valence-corrected chi connectivity index (χ1v) is 11.9. The minimum absolute atomic E-state index is 0.0663. The van der Waals surface area contributed by atoms with Crippen LogP contribution in [0.15, 0.2) is 0 Å². The topological polar surface area (TPSA) is 126 Å². The van der Waals surface area contributed by atoms with E-state index >= 15 is 0 Å². The van der Waals surface area contributed by atoms with Gasteiger partial charge in [-0.25, -0.2) is 9.86 Å². The normalized spacial score (nSPS) is 15.2. The van der Waals surface area contributed by atoms with Gasteiger partial charge in [0.25, 0.3) is 5.91 Å². The quantitative estimate of drug-likeness (QED) is 0.366. The van der Waals surface area contributed by atoms with Crippen LogP contribution in [0, 0.1) is 0 Å². The fourth-order valence-electron chi connectivity index (χ4n) is 4.49. The van der Waals surface area contributed by atoms with Crippen LogP contribution in [0.5, 0.6) is 0 Å². The van der Waals surface area contributed by atoms with Crippen molar-refractivity contribution >= 4 is 23.4 Å². The number of carbonyl (C=O) groups is 4. The summed E-state index contributed by atoms with van der Waals surface area (Å²) in [5.74, 6) is -0.609. The Morgan fingerprint density at radius 1 is 0.857 bits per heavy atom. The Morgan fingerprint density at radius 3 is 1.80 bits per heavy atom. The van der Waals surface area contributed by atoms with Gasteiger partial charge in [-0.2, -0.15) is 10.2 Å². The van der Waals surface area contributed by atoms with E-state index in [1.807, 2.05) is 0 Å². The zero-order valence-corrected chi connectivity index (χ0v) is 21.0. The lowest BCUT2D eigenvalue weighted by Gasteiger charge is -2.12. The van der Waals surface area contributed by atoms with Gasteiger partial charge in [0.15, 0.2) is 23.0 Å². The molecule has 0 bridgehead atoms. The van der Waals surface area contributed by atoms with Crippen molar-refractivity contribution in [2.24, 2.45) is 14.1 Å². The third-order valence-electron chi connectivity index (χ3n) is 6.21. The summed E-state index contributed by atoms with van der Waals surface area (Å²) in [6.45, 7) is 2.07. The highest BCUT2D eigenvalue weighted by Gasteiger charge is 2.29. The van der Waals surface area contributed by atoms with Crippen molar-refractivity contribution in [2.75, 3.05) is 20.8 Å². The van der Waals surface area contributed by atoms with Crippen LogP contribution in [0.4, 0.5) is 0 Å². The van der Waals surface area contributed by atoms with Gasteiger partial charge in [-0.15, -0.1) is 0 Å². The van der Waals surface area contributed by atoms with Gasteiger partial charge in [0, 0.05) is 45.1 Å². The molecule has 0 unspecified atom stereocenters. The predicted octanol–water partition coefficient (Wildman–Crippen LogP) is 2.47. The van der Waals surface area contributed by atoms with Crippen molar-refractivity contribution in [1.82, 2.24) is 24.6 Å². The second kappa shape index (κ2) is 11.4. The van der Waals surface area contributed by atoms with Crippen molar-refractivity contribution in [3.05, 3.63) is 33.9 Å². The summed E-state index contributed by atoms with van der Waals surface area (Å²) < 4.78 is 7.98. The zero-order chi connectivity index (χ0) is 25.7. The number of hydrogen-bond acceptors (Lipinski definition) is 8. The van der Waals surface area contributed by atoms with E-state index in [9.17, 15) is 19.2 Å². The Labute approximate surface area is 204 Å². The molecule has 2 aliphatic carbocycles. The molecule has 1 amide bonds. The molecule has 2 aliphatic rings. The molecule has 11 heteroatoms. The molecular formula is C24H33N5O6. The summed E-state index contributed by atoms with van der Waals surface area (Å²) in [6, 6.07) is 0. The number of hydroxylamine groups is 2. The molecule has 2 aromatic rings. The first-order valence-electron chi connectivity index (χ1n) is 11.9. The van der Waals surface area contributed by atoms with Crippen LogP contribution in [0.3, 0.4) is 0 Å². The minimum atomic E-state index is -0.431.